The minimum atomic E-state index is -0.338. The van der Waals surface area contributed by atoms with E-state index in [2.05, 4.69) is 4.79 Å². The van der Waals surface area contributed by atoms with Gasteiger partial charge in [0.15, 0.2) is 0 Å². The number of para-hydroxylation sites is 1. The minimum Gasteiger partial charge on any atom is -0.490 e. The molecule has 6 heteroatoms. The fourth-order valence-corrected chi connectivity index (χ4v) is 3.38. The summed E-state index contributed by atoms with van der Waals surface area (Å²) in [6.45, 7) is 0. The summed E-state index contributed by atoms with van der Waals surface area (Å²) in [5, 5.41) is 0. The lowest BCUT2D eigenvalue weighted by atomic mass is 9.79. The zero-order chi connectivity index (χ0) is 20.9. The summed E-state index contributed by atoms with van der Waals surface area (Å²) in [5.41, 5.74) is 9.56. The van der Waals surface area contributed by atoms with Crippen LogP contribution in [-0.4, -0.2) is 22.9 Å². The molecule has 1 fully saturated rings. The monoisotopic (exact) mass is 402 g/mol. The maximum Gasteiger partial charge on any atom is 0.323 e. The van der Waals surface area contributed by atoms with E-state index in [1.165, 1.54) is 6.07 Å². The number of benzene rings is 3. The molecule has 0 atom stereocenters. The highest BCUT2D eigenvalue weighted by molar-refractivity contribution is 6.26. The number of ether oxygens (including phenoxy) is 2. The first kappa shape index (κ1) is 19.6. The van der Waals surface area contributed by atoms with Gasteiger partial charge in [0.1, 0.15) is 29.2 Å². The maximum absolute atomic E-state index is 14.4. The van der Waals surface area contributed by atoms with Crippen LogP contribution >= 0.6 is 0 Å². The van der Waals surface area contributed by atoms with Crippen molar-refractivity contribution in [3.63, 3.8) is 0 Å². The van der Waals surface area contributed by atoms with Crippen molar-refractivity contribution in [1.82, 2.24) is 0 Å². The molecule has 3 aromatic carbocycles. The largest absolute Gasteiger partial charge is 0.490 e. The highest BCUT2D eigenvalue weighted by Gasteiger charge is 2.36. The standard InChI is InChI=1S/C24H19FN2O3/c25-23-11-10-20(29-18-4-2-1-3-5-18)14-22(23)16-6-8-19(9-7-16)30-21-12-17(13-21)24(28)15-27-26/h1-11,14-15,17,21H,12-13H2. The maximum atomic E-state index is 14.4. The average molecular weight is 402 g/mol. The first-order chi connectivity index (χ1) is 14.6. The highest BCUT2D eigenvalue weighted by atomic mass is 19.1. The van der Waals surface area contributed by atoms with Crippen LogP contribution in [0, 0.1) is 11.7 Å². The van der Waals surface area contributed by atoms with Crippen molar-refractivity contribution >= 4 is 12.0 Å². The smallest absolute Gasteiger partial charge is 0.323 e. The summed E-state index contributed by atoms with van der Waals surface area (Å²) in [4.78, 5) is 14.4. The Hall–Kier alpha value is -3.76. The molecule has 1 saturated carbocycles. The van der Waals surface area contributed by atoms with Gasteiger partial charge in [-0.1, -0.05) is 30.3 Å². The third-order valence-electron chi connectivity index (χ3n) is 5.07. The lowest BCUT2D eigenvalue weighted by Crippen LogP contribution is -2.38. The van der Waals surface area contributed by atoms with Crippen LogP contribution in [0.1, 0.15) is 12.8 Å². The van der Waals surface area contributed by atoms with Gasteiger partial charge in [0.05, 0.1) is 0 Å². The van der Waals surface area contributed by atoms with Crippen LogP contribution in [0.5, 0.6) is 17.2 Å². The van der Waals surface area contributed by atoms with E-state index in [4.69, 9.17) is 15.0 Å². The Balaban J connectivity index is 1.42. The van der Waals surface area contributed by atoms with Gasteiger partial charge < -0.3 is 15.0 Å². The summed E-state index contributed by atoms with van der Waals surface area (Å²) >= 11 is 0. The molecule has 0 N–H and O–H groups in total. The summed E-state index contributed by atoms with van der Waals surface area (Å²) in [6, 6.07) is 21.1. The van der Waals surface area contributed by atoms with Gasteiger partial charge in [0.25, 0.3) is 0 Å². The number of nitrogens with zero attached hydrogens (tertiary/aromatic N) is 2. The average Bonchev–Trinajstić information content (AvgIpc) is 2.73. The molecule has 0 unspecified atom stereocenters. The number of halogens is 1. The molecule has 3 aromatic rings. The molecular weight excluding hydrogens is 383 g/mol. The molecule has 1 aliphatic rings. The Morgan fingerprint density at radius 2 is 1.67 bits per heavy atom. The van der Waals surface area contributed by atoms with Gasteiger partial charge in [0.2, 0.25) is 5.78 Å². The van der Waals surface area contributed by atoms with Crippen molar-refractivity contribution in [2.45, 2.75) is 18.9 Å². The minimum absolute atomic E-state index is 0.0590. The van der Waals surface area contributed by atoms with Crippen LogP contribution < -0.4 is 9.47 Å². The number of hydrogen-bond acceptors (Lipinski definition) is 3. The number of Topliss-reactive ketones (excluding diaryl/α,β-unsaturated/α-hetero) is 1. The molecular formula is C24H19FN2O3. The van der Waals surface area contributed by atoms with Gasteiger partial charge in [0, 0.05) is 11.5 Å². The van der Waals surface area contributed by atoms with Gasteiger partial charge in [-0.15, -0.1) is 0 Å². The Morgan fingerprint density at radius 1 is 0.967 bits per heavy atom. The van der Waals surface area contributed by atoms with E-state index in [0.29, 0.717) is 41.2 Å². The molecule has 0 aliphatic heterocycles. The first-order valence-corrected chi connectivity index (χ1v) is 9.63. The number of rotatable bonds is 7. The van der Waals surface area contributed by atoms with E-state index in [1.807, 2.05) is 30.3 Å². The summed E-state index contributed by atoms with van der Waals surface area (Å²) in [6.07, 6.45) is 2.04. The van der Waals surface area contributed by atoms with E-state index < -0.39 is 0 Å². The second-order valence-electron chi connectivity index (χ2n) is 7.14. The molecule has 0 amide bonds. The van der Waals surface area contributed by atoms with Crippen LogP contribution in [0.3, 0.4) is 0 Å². The van der Waals surface area contributed by atoms with Crippen LogP contribution in [-0.2, 0) is 4.79 Å². The SMILES string of the molecule is [N-]=[N+]=CC(=O)C1CC(Oc2ccc(-c3cc(Oc4ccccc4)ccc3F)cc2)C1. The van der Waals surface area contributed by atoms with E-state index in [-0.39, 0.29) is 23.6 Å². The Labute approximate surface area is 173 Å². The van der Waals surface area contributed by atoms with Crippen molar-refractivity contribution < 1.29 is 23.4 Å². The van der Waals surface area contributed by atoms with Crippen LogP contribution in [0.2, 0.25) is 0 Å². The second-order valence-corrected chi connectivity index (χ2v) is 7.14. The van der Waals surface area contributed by atoms with Gasteiger partial charge >= 0.3 is 6.21 Å². The molecule has 4 rings (SSSR count). The first-order valence-electron chi connectivity index (χ1n) is 9.63. The molecule has 0 bridgehead atoms. The van der Waals surface area contributed by atoms with Crippen molar-refractivity contribution in [3.05, 3.63) is 84.1 Å². The van der Waals surface area contributed by atoms with E-state index in [1.54, 1.807) is 36.4 Å². The van der Waals surface area contributed by atoms with Crippen LogP contribution in [0.15, 0.2) is 72.8 Å². The summed E-state index contributed by atoms with van der Waals surface area (Å²) in [5.74, 6) is 1.20. The zero-order valence-corrected chi connectivity index (χ0v) is 16.1. The van der Waals surface area contributed by atoms with E-state index in [0.717, 1.165) is 6.21 Å². The van der Waals surface area contributed by atoms with E-state index in [9.17, 15) is 9.18 Å². The highest BCUT2D eigenvalue weighted by Crippen LogP contribution is 2.34. The molecule has 0 radical (unpaired) electrons. The predicted octanol–water partition coefficient (Wildman–Crippen LogP) is 5.31. The molecule has 30 heavy (non-hydrogen) atoms. The summed E-state index contributed by atoms with van der Waals surface area (Å²) in [7, 11) is 0. The molecule has 0 heterocycles. The third kappa shape index (κ3) is 4.45. The second kappa shape index (κ2) is 8.72. The topological polar surface area (TPSA) is 71.9 Å². The fourth-order valence-electron chi connectivity index (χ4n) is 3.38. The molecule has 150 valence electrons. The van der Waals surface area contributed by atoms with Crippen molar-refractivity contribution in [2.24, 2.45) is 5.92 Å². The Kier molecular flexibility index (Phi) is 5.68. The summed E-state index contributed by atoms with van der Waals surface area (Å²) < 4.78 is 26.1. The third-order valence-corrected chi connectivity index (χ3v) is 5.07. The zero-order valence-electron chi connectivity index (χ0n) is 16.1. The Bertz CT molecular complexity index is 1090. The van der Waals surface area contributed by atoms with Crippen molar-refractivity contribution in [2.75, 3.05) is 0 Å². The van der Waals surface area contributed by atoms with Gasteiger partial charge in [-0.3, -0.25) is 4.79 Å². The van der Waals surface area contributed by atoms with Crippen molar-refractivity contribution in [1.29, 1.82) is 0 Å². The Morgan fingerprint density at radius 3 is 2.37 bits per heavy atom. The molecule has 0 aromatic heterocycles. The van der Waals surface area contributed by atoms with Gasteiger partial charge in [-0.25, -0.2) is 4.39 Å². The number of carbonyl (C=O) groups excluding carboxylic acids is 1. The molecule has 5 nitrogen and oxygen atoms in total. The predicted molar refractivity (Wildman–Crippen MR) is 110 cm³/mol. The quantitative estimate of drug-likeness (QED) is 0.305. The number of carbonyl (C=O) groups is 1. The lowest BCUT2D eigenvalue weighted by Gasteiger charge is -2.32. The lowest BCUT2D eigenvalue weighted by molar-refractivity contribution is -0.124. The van der Waals surface area contributed by atoms with Crippen LogP contribution in [0.25, 0.3) is 16.7 Å². The number of hydrogen-bond donors (Lipinski definition) is 0. The van der Waals surface area contributed by atoms with Gasteiger partial charge in [-0.05, 0) is 60.9 Å². The molecule has 1 aliphatic carbocycles. The molecule has 0 spiro atoms. The van der Waals surface area contributed by atoms with E-state index >= 15 is 0 Å². The molecule has 0 saturated heterocycles. The normalized spacial score (nSPS) is 17.4. The van der Waals surface area contributed by atoms with Gasteiger partial charge in [-0.2, -0.15) is 4.79 Å². The number of ketones is 1. The fraction of sp³-hybridized carbons (Fsp3) is 0.167. The van der Waals surface area contributed by atoms with Crippen LogP contribution in [0.4, 0.5) is 4.39 Å². The van der Waals surface area contributed by atoms with Crippen molar-refractivity contribution in [3.8, 4) is 28.4 Å².